The molecule has 1 fully saturated rings. The van der Waals surface area contributed by atoms with Crippen LogP contribution in [-0.4, -0.2) is 30.6 Å². The number of aryl methyl sites for hydroxylation is 2. The molecule has 1 aliphatic heterocycles. The summed E-state index contributed by atoms with van der Waals surface area (Å²) in [7, 11) is 0. The molecule has 0 saturated carbocycles. The van der Waals surface area contributed by atoms with Crippen molar-refractivity contribution in [1.29, 1.82) is 0 Å². The van der Waals surface area contributed by atoms with Crippen LogP contribution in [-0.2, 0) is 15.9 Å². The van der Waals surface area contributed by atoms with Gasteiger partial charge in [0.1, 0.15) is 5.75 Å². The molecule has 0 unspecified atom stereocenters. The summed E-state index contributed by atoms with van der Waals surface area (Å²) >= 11 is 0. The van der Waals surface area contributed by atoms with Crippen molar-refractivity contribution in [3.05, 3.63) is 23.0 Å². The molecule has 0 N–H and O–H groups in total. The van der Waals surface area contributed by atoms with Gasteiger partial charge in [0.15, 0.2) is 5.79 Å². The lowest BCUT2D eigenvalue weighted by atomic mass is 10.1. The lowest BCUT2D eigenvalue weighted by molar-refractivity contribution is -0.264. The van der Waals surface area contributed by atoms with E-state index in [2.05, 4.69) is 18.8 Å². The van der Waals surface area contributed by atoms with E-state index in [-0.39, 0.29) is 5.92 Å². The lowest BCUT2D eigenvalue weighted by Crippen LogP contribution is -2.41. The first-order chi connectivity index (χ1) is 9.43. The lowest BCUT2D eigenvalue weighted by Gasteiger charge is -2.34. The highest BCUT2D eigenvalue weighted by Gasteiger charge is 2.28. The van der Waals surface area contributed by atoms with E-state index in [1.807, 2.05) is 27.0 Å². The summed E-state index contributed by atoms with van der Waals surface area (Å²) in [6, 6.07) is 0. The third-order valence-corrected chi connectivity index (χ3v) is 3.68. The molecule has 20 heavy (non-hydrogen) atoms. The minimum atomic E-state index is -0.464. The molecule has 4 nitrogen and oxygen atoms in total. The van der Waals surface area contributed by atoms with Crippen LogP contribution in [0.5, 0.6) is 5.75 Å². The summed E-state index contributed by atoms with van der Waals surface area (Å²) < 4.78 is 17.3. The SMILES string of the molecule is CCc1ncc(C)c(OCC2COC(C)(C)OC2)c1C. The summed E-state index contributed by atoms with van der Waals surface area (Å²) in [6.07, 6.45) is 2.81. The molecule has 0 radical (unpaired) electrons. The summed E-state index contributed by atoms with van der Waals surface area (Å²) in [6.45, 7) is 12.1. The highest BCUT2D eigenvalue weighted by molar-refractivity contribution is 5.41. The highest BCUT2D eigenvalue weighted by atomic mass is 16.7. The Kier molecular flexibility index (Phi) is 4.66. The summed E-state index contributed by atoms with van der Waals surface area (Å²) in [5.41, 5.74) is 3.33. The van der Waals surface area contributed by atoms with Crippen molar-refractivity contribution >= 4 is 0 Å². The maximum atomic E-state index is 6.02. The zero-order valence-corrected chi connectivity index (χ0v) is 13.2. The van der Waals surface area contributed by atoms with Crippen molar-refractivity contribution in [3.8, 4) is 5.75 Å². The van der Waals surface area contributed by atoms with E-state index in [1.54, 1.807) is 0 Å². The van der Waals surface area contributed by atoms with Crippen molar-refractivity contribution in [3.63, 3.8) is 0 Å². The number of pyridine rings is 1. The topological polar surface area (TPSA) is 40.6 Å². The largest absolute Gasteiger partial charge is 0.492 e. The molecule has 1 aromatic rings. The van der Waals surface area contributed by atoms with Crippen LogP contribution in [0.3, 0.4) is 0 Å². The second-order valence-corrected chi connectivity index (χ2v) is 5.89. The smallest absolute Gasteiger partial charge is 0.162 e. The summed E-state index contributed by atoms with van der Waals surface area (Å²) in [5.74, 6) is 0.774. The van der Waals surface area contributed by atoms with Gasteiger partial charge in [-0.2, -0.15) is 0 Å². The second-order valence-electron chi connectivity index (χ2n) is 5.89. The minimum absolute atomic E-state index is 0.278. The van der Waals surface area contributed by atoms with E-state index >= 15 is 0 Å². The number of ether oxygens (including phenoxy) is 3. The number of rotatable bonds is 4. The van der Waals surface area contributed by atoms with Crippen molar-refractivity contribution in [2.45, 2.75) is 46.8 Å². The molecule has 0 bridgehead atoms. The Morgan fingerprint density at radius 1 is 1.30 bits per heavy atom. The third-order valence-electron chi connectivity index (χ3n) is 3.68. The van der Waals surface area contributed by atoms with Gasteiger partial charge in [0.25, 0.3) is 0 Å². The van der Waals surface area contributed by atoms with E-state index in [4.69, 9.17) is 14.2 Å². The Morgan fingerprint density at radius 3 is 2.55 bits per heavy atom. The van der Waals surface area contributed by atoms with Crippen LogP contribution >= 0.6 is 0 Å². The van der Waals surface area contributed by atoms with E-state index in [1.165, 1.54) is 0 Å². The van der Waals surface area contributed by atoms with Gasteiger partial charge >= 0.3 is 0 Å². The van der Waals surface area contributed by atoms with Gasteiger partial charge in [-0.3, -0.25) is 4.98 Å². The molecular weight excluding hydrogens is 254 g/mol. The predicted octanol–water partition coefficient (Wildman–Crippen LogP) is 3.04. The van der Waals surface area contributed by atoms with Gasteiger partial charge in [0, 0.05) is 28.9 Å². The van der Waals surface area contributed by atoms with Crippen LogP contribution in [0.15, 0.2) is 6.20 Å². The summed E-state index contributed by atoms with van der Waals surface area (Å²) in [4.78, 5) is 4.44. The molecule has 0 aliphatic carbocycles. The van der Waals surface area contributed by atoms with Crippen LogP contribution < -0.4 is 4.74 Å². The highest BCUT2D eigenvalue weighted by Crippen LogP contribution is 2.26. The second kappa shape index (κ2) is 6.10. The Hall–Kier alpha value is -1.13. The molecule has 112 valence electrons. The van der Waals surface area contributed by atoms with Gasteiger partial charge in [0.2, 0.25) is 0 Å². The quantitative estimate of drug-likeness (QED) is 0.849. The first-order valence-electron chi connectivity index (χ1n) is 7.28. The monoisotopic (exact) mass is 279 g/mol. The molecule has 0 atom stereocenters. The Bertz CT molecular complexity index is 461. The first kappa shape index (κ1) is 15.3. The van der Waals surface area contributed by atoms with Crippen LogP contribution in [0.25, 0.3) is 0 Å². The molecule has 0 amide bonds. The normalized spacial score (nSPS) is 19.1. The van der Waals surface area contributed by atoms with Crippen molar-refractivity contribution in [1.82, 2.24) is 4.98 Å². The average molecular weight is 279 g/mol. The maximum Gasteiger partial charge on any atom is 0.162 e. The molecule has 2 heterocycles. The predicted molar refractivity (Wildman–Crippen MR) is 78.1 cm³/mol. The van der Waals surface area contributed by atoms with Gasteiger partial charge in [0.05, 0.1) is 19.8 Å². The van der Waals surface area contributed by atoms with Gasteiger partial charge in [-0.05, 0) is 34.1 Å². The van der Waals surface area contributed by atoms with Crippen LogP contribution in [0.4, 0.5) is 0 Å². The fraction of sp³-hybridized carbons (Fsp3) is 0.688. The zero-order valence-electron chi connectivity index (χ0n) is 13.2. The average Bonchev–Trinajstić information content (AvgIpc) is 2.40. The number of aromatic nitrogens is 1. The standard InChI is InChI=1S/C16H25NO3/c1-6-14-12(3)15(11(2)7-17-14)18-8-13-9-19-16(4,5)20-10-13/h7,13H,6,8-10H2,1-5H3. The maximum absolute atomic E-state index is 6.02. The van der Waals surface area contributed by atoms with Crippen molar-refractivity contribution < 1.29 is 14.2 Å². The van der Waals surface area contributed by atoms with Crippen molar-refractivity contribution in [2.24, 2.45) is 5.92 Å². The molecule has 0 aromatic carbocycles. The van der Waals surface area contributed by atoms with E-state index in [9.17, 15) is 0 Å². The molecule has 1 aliphatic rings. The Morgan fingerprint density at radius 2 is 1.95 bits per heavy atom. The number of hydrogen-bond acceptors (Lipinski definition) is 4. The molecule has 2 rings (SSSR count). The van der Waals surface area contributed by atoms with Crippen molar-refractivity contribution in [2.75, 3.05) is 19.8 Å². The summed E-state index contributed by atoms with van der Waals surface area (Å²) in [5, 5.41) is 0. The molecule has 4 heteroatoms. The number of nitrogens with zero attached hydrogens (tertiary/aromatic N) is 1. The van der Waals surface area contributed by atoms with Crippen LogP contribution in [0.2, 0.25) is 0 Å². The Balaban J connectivity index is 1.98. The molecule has 1 aromatic heterocycles. The van der Waals surface area contributed by atoms with E-state index in [0.717, 1.165) is 29.0 Å². The fourth-order valence-electron chi connectivity index (χ4n) is 2.36. The van der Waals surface area contributed by atoms with Gasteiger partial charge in [-0.25, -0.2) is 0 Å². The minimum Gasteiger partial charge on any atom is -0.492 e. The third kappa shape index (κ3) is 3.49. The van der Waals surface area contributed by atoms with Gasteiger partial charge < -0.3 is 14.2 Å². The van der Waals surface area contributed by atoms with Gasteiger partial charge in [-0.15, -0.1) is 0 Å². The van der Waals surface area contributed by atoms with Crippen LogP contribution in [0, 0.1) is 19.8 Å². The number of hydrogen-bond donors (Lipinski definition) is 0. The Labute approximate surface area is 121 Å². The first-order valence-corrected chi connectivity index (χ1v) is 7.28. The molecule has 1 saturated heterocycles. The van der Waals surface area contributed by atoms with E-state index < -0.39 is 5.79 Å². The van der Waals surface area contributed by atoms with E-state index in [0.29, 0.717) is 19.8 Å². The fourth-order valence-corrected chi connectivity index (χ4v) is 2.36. The van der Waals surface area contributed by atoms with Crippen LogP contribution in [0.1, 0.15) is 37.6 Å². The van der Waals surface area contributed by atoms with Gasteiger partial charge in [-0.1, -0.05) is 6.92 Å². The molecular formula is C16H25NO3. The zero-order chi connectivity index (χ0) is 14.8. The molecule has 0 spiro atoms.